The van der Waals surface area contributed by atoms with E-state index < -0.39 is 12.0 Å². The fourth-order valence-corrected chi connectivity index (χ4v) is 0.856. The molecular weight excluding hydrogens is 122 g/mol. The molecule has 1 rings (SSSR count). The predicted molar refractivity (Wildman–Crippen MR) is 28.9 cm³/mol. The first-order chi connectivity index (χ1) is 4.34. The van der Waals surface area contributed by atoms with Crippen LogP contribution >= 0.6 is 0 Å². The number of amides is 1. The second-order valence-corrected chi connectivity index (χ2v) is 1.98. The molecular formula is C5H9NO3. The van der Waals surface area contributed by atoms with Gasteiger partial charge in [-0.25, -0.2) is 5.48 Å². The minimum Gasteiger partial charge on any atom is -0.368 e. The third-order valence-corrected chi connectivity index (χ3v) is 1.33. The predicted octanol–water partition coefficient (Wildman–Crippen LogP) is -0.329. The van der Waals surface area contributed by atoms with Gasteiger partial charge in [0.25, 0.3) is 5.91 Å². The molecule has 2 N–H and O–H groups in total. The highest BCUT2D eigenvalue weighted by atomic mass is 16.5. The summed E-state index contributed by atoms with van der Waals surface area (Å²) in [6, 6.07) is 0. The summed E-state index contributed by atoms with van der Waals surface area (Å²) >= 11 is 0. The number of carbonyl (C=O) groups excluding carboxylic acids is 1. The number of carbonyl (C=O) groups is 1. The molecule has 1 amide bonds. The van der Waals surface area contributed by atoms with Crippen molar-refractivity contribution in [3.05, 3.63) is 0 Å². The number of hydroxylamine groups is 1. The summed E-state index contributed by atoms with van der Waals surface area (Å²) in [5, 5.41) is 8.12. The lowest BCUT2D eigenvalue weighted by Gasteiger charge is -2.03. The van der Waals surface area contributed by atoms with Crippen LogP contribution in [0.15, 0.2) is 0 Å². The molecule has 0 aromatic heterocycles. The maximum absolute atomic E-state index is 10.5. The third kappa shape index (κ3) is 1.40. The van der Waals surface area contributed by atoms with Crippen molar-refractivity contribution in [2.75, 3.05) is 6.61 Å². The zero-order chi connectivity index (χ0) is 6.69. The highest BCUT2D eigenvalue weighted by Crippen LogP contribution is 2.10. The lowest BCUT2D eigenvalue weighted by molar-refractivity contribution is -0.138. The lowest BCUT2D eigenvalue weighted by atomic mass is 10.2. The van der Waals surface area contributed by atoms with Crippen molar-refractivity contribution in [2.45, 2.75) is 18.9 Å². The van der Waals surface area contributed by atoms with Gasteiger partial charge in [-0.15, -0.1) is 0 Å². The van der Waals surface area contributed by atoms with Crippen molar-refractivity contribution < 1.29 is 14.7 Å². The molecule has 0 saturated carbocycles. The largest absolute Gasteiger partial charge is 0.368 e. The van der Waals surface area contributed by atoms with E-state index in [0.29, 0.717) is 13.0 Å². The standard InChI is InChI=1S/C5H9NO3/c7-5(6-8)4-2-1-3-9-4/h4,8H,1-3H2,(H,6,7)/t4-/m0/s1. The molecule has 0 bridgehead atoms. The zero-order valence-electron chi connectivity index (χ0n) is 4.96. The van der Waals surface area contributed by atoms with Crippen LogP contribution in [0, 0.1) is 0 Å². The Labute approximate surface area is 52.8 Å². The van der Waals surface area contributed by atoms with E-state index in [1.807, 2.05) is 0 Å². The van der Waals surface area contributed by atoms with Crippen LogP contribution in [-0.4, -0.2) is 23.8 Å². The third-order valence-electron chi connectivity index (χ3n) is 1.33. The number of hydrogen-bond donors (Lipinski definition) is 2. The van der Waals surface area contributed by atoms with E-state index >= 15 is 0 Å². The van der Waals surface area contributed by atoms with Crippen LogP contribution in [0.1, 0.15) is 12.8 Å². The Morgan fingerprint density at radius 3 is 3.00 bits per heavy atom. The number of hydrogen-bond acceptors (Lipinski definition) is 3. The first-order valence-electron chi connectivity index (χ1n) is 2.90. The Kier molecular flexibility index (Phi) is 2.02. The second-order valence-electron chi connectivity index (χ2n) is 1.98. The van der Waals surface area contributed by atoms with Gasteiger partial charge in [0.2, 0.25) is 0 Å². The summed E-state index contributed by atoms with van der Waals surface area (Å²) in [5.74, 6) is -0.437. The van der Waals surface area contributed by atoms with Crippen LogP contribution in [0.2, 0.25) is 0 Å². The van der Waals surface area contributed by atoms with Gasteiger partial charge in [-0.1, -0.05) is 0 Å². The van der Waals surface area contributed by atoms with Gasteiger partial charge in [-0.05, 0) is 12.8 Å². The summed E-state index contributed by atoms with van der Waals surface area (Å²) in [4.78, 5) is 10.5. The van der Waals surface area contributed by atoms with Crippen LogP contribution in [0.3, 0.4) is 0 Å². The average molecular weight is 131 g/mol. The van der Waals surface area contributed by atoms with Crippen molar-refractivity contribution >= 4 is 5.91 Å². The van der Waals surface area contributed by atoms with E-state index in [0.717, 1.165) is 6.42 Å². The van der Waals surface area contributed by atoms with E-state index in [1.165, 1.54) is 0 Å². The molecule has 0 spiro atoms. The Hall–Kier alpha value is -0.610. The van der Waals surface area contributed by atoms with Crippen LogP contribution < -0.4 is 5.48 Å². The fraction of sp³-hybridized carbons (Fsp3) is 0.800. The Bertz CT molecular complexity index is 109. The van der Waals surface area contributed by atoms with Crippen molar-refractivity contribution in [3.8, 4) is 0 Å². The van der Waals surface area contributed by atoms with Crippen molar-refractivity contribution in [3.63, 3.8) is 0 Å². The molecule has 0 radical (unpaired) electrons. The van der Waals surface area contributed by atoms with E-state index in [1.54, 1.807) is 5.48 Å². The summed E-state index contributed by atoms with van der Waals surface area (Å²) < 4.78 is 4.93. The summed E-state index contributed by atoms with van der Waals surface area (Å²) in [6.07, 6.45) is 1.19. The van der Waals surface area contributed by atoms with Crippen molar-refractivity contribution in [1.29, 1.82) is 0 Å². The van der Waals surface area contributed by atoms with Gasteiger partial charge in [0.05, 0.1) is 0 Å². The number of nitrogens with one attached hydrogen (secondary N) is 1. The molecule has 1 fully saturated rings. The molecule has 1 aliphatic heterocycles. The molecule has 1 aliphatic rings. The zero-order valence-corrected chi connectivity index (χ0v) is 4.96. The van der Waals surface area contributed by atoms with Gasteiger partial charge in [0.15, 0.2) is 0 Å². The highest BCUT2D eigenvalue weighted by Gasteiger charge is 2.22. The van der Waals surface area contributed by atoms with Gasteiger partial charge in [0, 0.05) is 6.61 Å². The SMILES string of the molecule is O=C(NO)[C@@H]1CCCO1. The highest BCUT2D eigenvalue weighted by molar-refractivity contribution is 5.79. The van der Waals surface area contributed by atoms with Crippen LogP contribution in [0.4, 0.5) is 0 Å². The first kappa shape index (κ1) is 6.51. The van der Waals surface area contributed by atoms with E-state index in [2.05, 4.69) is 0 Å². The molecule has 4 nitrogen and oxygen atoms in total. The fourth-order valence-electron chi connectivity index (χ4n) is 0.856. The van der Waals surface area contributed by atoms with Crippen LogP contribution in [0.25, 0.3) is 0 Å². The first-order valence-corrected chi connectivity index (χ1v) is 2.90. The lowest BCUT2D eigenvalue weighted by Crippen LogP contribution is -2.31. The topological polar surface area (TPSA) is 58.6 Å². The molecule has 4 heteroatoms. The van der Waals surface area contributed by atoms with Gasteiger partial charge in [-0.2, -0.15) is 0 Å². The molecule has 1 saturated heterocycles. The van der Waals surface area contributed by atoms with Gasteiger partial charge in [0.1, 0.15) is 6.10 Å². The average Bonchev–Trinajstić information content (AvgIpc) is 2.37. The molecule has 1 atom stereocenters. The molecule has 52 valence electrons. The quantitative estimate of drug-likeness (QED) is 0.378. The molecule has 0 aliphatic carbocycles. The van der Waals surface area contributed by atoms with E-state index in [4.69, 9.17) is 9.94 Å². The number of rotatable bonds is 1. The van der Waals surface area contributed by atoms with E-state index in [-0.39, 0.29) is 0 Å². The van der Waals surface area contributed by atoms with Crippen LogP contribution in [-0.2, 0) is 9.53 Å². The Morgan fingerprint density at radius 2 is 2.56 bits per heavy atom. The second kappa shape index (κ2) is 2.80. The maximum atomic E-state index is 10.5. The smallest absolute Gasteiger partial charge is 0.272 e. The van der Waals surface area contributed by atoms with Gasteiger partial charge >= 0.3 is 0 Å². The Morgan fingerprint density at radius 1 is 1.78 bits per heavy atom. The summed E-state index contributed by atoms with van der Waals surface area (Å²) in [6.45, 7) is 0.623. The summed E-state index contributed by atoms with van der Waals surface area (Å²) in [5.41, 5.74) is 1.54. The van der Waals surface area contributed by atoms with Crippen molar-refractivity contribution in [1.82, 2.24) is 5.48 Å². The van der Waals surface area contributed by atoms with Gasteiger partial charge < -0.3 is 4.74 Å². The normalized spacial score (nSPS) is 26.1. The maximum Gasteiger partial charge on any atom is 0.272 e. The molecule has 0 unspecified atom stereocenters. The van der Waals surface area contributed by atoms with E-state index in [9.17, 15) is 4.79 Å². The van der Waals surface area contributed by atoms with Crippen LogP contribution in [0.5, 0.6) is 0 Å². The molecule has 0 aromatic carbocycles. The molecule has 1 heterocycles. The molecule has 0 aromatic rings. The number of ether oxygens (including phenoxy) is 1. The minimum absolute atomic E-state index is 0.421. The summed E-state index contributed by atoms with van der Waals surface area (Å²) in [7, 11) is 0. The monoisotopic (exact) mass is 131 g/mol. The van der Waals surface area contributed by atoms with Crippen molar-refractivity contribution in [2.24, 2.45) is 0 Å². The van der Waals surface area contributed by atoms with Gasteiger partial charge in [-0.3, -0.25) is 10.0 Å². The molecule has 9 heavy (non-hydrogen) atoms. The minimum atomic E-state index is -0.437. The Balaban J connectivity index is 2.32.